The van der Waals surface area contributed by atoms with Gasteiger partial charge >= 0.3 is 0 Å². The molecule has 0 spiro atoms. The van der Waals surface area contributed by atoms with Gasteiger partial charge in [0.05, 0.1) is 18.7 Å². The predicted molar refractivity (Wildman–Crippen MR) is 127 cm³/mol. The quantitative estimate of drug-likeness (QED) is 0.470. The first-order chi connectivity index (χ1) is 16.1. The number of nitrogens with zero attached hydrogens (tertiary/aromatic N) is 3. The summed E-state index contributed by atoms with van der Waals surface area (Å²) in [4.78, 5) is 19.3. The van der Waals surface area contributed by atoms with Crippen LogP contribution in [-0.4, -0.2) is 47.7 Å². The van der Waals surface area contributed by atoms with Crippen LogP contribution in [0.1, 0.15) is 30.7 Å². The van der Waals surface area contributed by atoms with Gasteiger partial charge in [-0.1, -0.05) is 47.1 Å². The number of nitrogens with one attached hydrogen (secondary N) is 1. The first-order valence-electron chi connectivity index (χ1n) is 11.3. The zero-order valence-corrected chi connectivity index (χ0v) is 19.6. The van der Waals surface area contributed by atoms with Crippen molar-refractivity contribution in [3.05, 3.63) is 65.0 Å². The summed E-state index contributed by atoms with van der Waals surface area (Å²) in [6, 6.07) is 15.4. The monoisotopic (exact) mass is 468 g/mol. The van der Waals surface area contributed by atoms with Crippen LogP contribution in [0.3, 0.4) is 0 Å². The Morgan fingerprint density at radius 1 is 1.18 bits per heavy atom. The highest BCUT2D eigenvalue weighted by atomic mass is 35.5. The van der Waals surface area contributed by atoms with Gasteiger partial charge in [-0.05, 0) is 62.5 Å². The molecular weight excluding hydrogens is 440 g/mol. The Morgan fingerprint density at radius 2 is 1.94 bits per heavy atom. The number of aryl methyl sites for hydroxylation is 1. The van der Waals surface area contributed by atoms with E-state index >= 15 is 0 Å². The van der Waals surface area contributed by atoms with E-state index in [0.717, 1.165) is 50.1 Å². The number of benzene rings is 2. The van der Waals surface area contributed by atoms with Crippen LogP contribution in [0, 0.1) is 5.92 Å². The fraction of sp³-hybridized carbons (Fsp3) is 0.400. The maximum atomic E-state index is 12.6. The van der Waals surface area contributed by atoms with Gasteiger partial charge in [0, 0.05) is 18.0 Å². The number of hydrogen-bond donors (Lipinski definition) is 1. The Labute approximate surface area is 199 Å². The Kier molecular flexibility index (Phi) is 7.96. The lowest BCUT2D eigenvalue weighted by atomic mass is 9.96. The van der Waals surface area contributed by atoms with E-state index in [1.165, 1.54) is 5.56 Å². The molecule has 2 aromatic carbocycles. The third-order valence-corrected chi connectivity index (χ3v) is 6.34. The maximum Gasteiger partial charge on any atom is 0.241 e. The summed E-state index contributed by atoms with van der Waals surface area (Å²) < 4.78 is 10.8. The molecule has 1 fully saturated rings. The number of para-hydroxylation sites is 1. The smallest absolute Gasteiger partial charge is 0.241 e. The summed E-state index contributed by atoms with van der Waals surface area (Å²) in [5, 5.41) is 7.76. The van der Waals surface area contributed by atoms with Crippen molar-refractivity contribution in [2.45, 2.75) is 32.2 Å². The van der Waals surface area contributed by atoms with Gasteiger partial charge in [0.1, 0.15) is 5.75 Å². The molecule has 0 unspecified atom stereocenters. The highest BCUT2D eigenvalue weighted by molar-refractivity contribution is 6.33. The third kappa shape index (κ3) is 6.12. The van der Waals surface area contributed by atoms with E-state index in [4.69, 9.17) is 20.9 Å². The molecule has 1 aliphatic rings. The summed E-state index contributed by atoms with van der Waals surface area (Å²) in [5.74, 6) is 2.15. The maximum absolute atomic E-state index is 12.6. The summed E-state index contributed by atoms with van der Waals surface area (Å²) in [6.45, 7) is 2.89. The fourth-order valence-electron chi connectivity index (χ4n) is 4.16. The Morgan fingerprint density at radius 3 is 2.73 bits per heavy atom. The number of likely N-dealkylation sites (tertiary alicyclic amines) is 1. The van der Waals surface area contributed by atoms with E-state index in [1.807, 2.05) is 36.4 Å². The molecule has 1 amide bonds. The molecule has 0 saturated carbocycles. The molecule has 0 radical (unpaired) electrons. The minimum Gasteiger partial charge on any atom is -0.496 e. The number of piperidine rings is 1. The van der Waals surface area contributed by atoms with Crippen LogP contribution in [-0.2, 0) is 17.8 Å². The van der Waals surface area contributed by atoms with Gasteiger partial charge in [-0.15, -0.1) is 0 Å². The van der Waals surface area contributed by atoms with E-state index in [-0.39, 0.29) is 11.8 Å². The minimum atomic E-state index is 0.0499. The van der Waals surface area contributed by atoms with Gasteiger partial charge in [0.15, 0.2) is 0 Å². The number of ether oxygens (including phenoxy) is 1. The molecule has 1 N–H and O–H groups in total. The third-order valence-electron chi connectivity index (χ3n) is 6.01. The molecule has 174 valence electrons. The lowest BCUT2D eigenvalue weighted by Gasteiger charge is -2.30. The SMILES string of the molecule is COc1ccccc1CCCNC(=O)C1CCN(Cc2nc(-c3ccccc3Cl)no2)CC1. The topological polar surface area (TPSA) is 80.5 Å². The van der Waals surface area contributed by atoms with Crippen LogP contribution < -0.4 is 10.1 Å². The number of halogens is 1. The number of carbonyl (C=O) groups is 1. The fourth-order valence-corrected chi connectivity index (χ4v) is 4.38. The largest absolute Gasteiger partial charge is 0.496 e. The standard InChI is InChI=1S/C25H29ClN4O3/c1-32-22-11-5-2-7-18(22)8-6-14-27-25(31)19-12-15-30(16-13-19)17-23-28-24(29-33-23)20-9-3-4-10-21(20)26/h2-5,7,9-11,19H,6,8,12-17H2,1H3,(H,27,31). The second-order valence-electron chi connectivity index (χ2n) is 8.25. The highest BCUT2D eigenvalue weighted by Crippen LogP contribution is 2.26. The summed E-state index contributed by atoms with van der Waals surface area (Å²) in [7, 11) is 1.68. The Bertz CT molecular complexity index is 1060. The van der Waals surface area contributed by atoms with Crippen molar-refractivity contribution < 1.29 is 14.1 Å². The van der Waals surface area contributed by atoms with Crippen molar-refractivity contribution in [3.8, 4) is 17.1 Å². The average molecular weight is 469 g/mol. The van der Waals surface area contributed by atoms with Crippen molar-refractivity contribution in [2.75, 3.05) is 26.7 Å². The molecule has 3 aromatic rings. The van der Waals surface area contributed by atoms with Gasteiger partial charge in [-0.2, -0.15) is 4.98 Å². The van der Waals surface area contributed by atoms with Gasteiger partial charge < -0.3 is 14.6 Å². The Hall–Kier alpha value is -2.90. The zero-order chi connectivity index (χ0) is 23.0. The van der Waals surface area contributed by atoms with Crippen molar-refractivity contribution in [1.82, 2.24) is 20.4 Å². The van der Waals surface area contributed by atoms with Crippen LogP contribution in [0.4, 0.5) is 0 Å². The lowest BCUT2D eigenvalue weighted by Crippen LogP contribution is -2.40. The molecule has 0 atom stereocenters. The van der Waals surface area contributed by atoms with E-state index in [0.29, 0.717) is 29.8 Å². The van der Waals surface area contributed by atoms with Crippen LogP contribution in [0.5, 0.6) is 5.75 Å². The zero-order valence-electron chi connectivity index (χ0n) is 18.8. The van der Waals surface area contributed by atoms with Crippen LogP contribution in [0.15, 0.2) is 53.1 Å². The van der Waals surface area contributed by atoms with Crippen LogP contribution >= 0.6 is 11.6 Å². The first-order valence-corrected chi connectivity index (χ1v) is 11.7. The van der Waals surface area contributed by atoms with Gasteiger partial charge in [-0.3, -0.25) is 9.69 Å². The molecule has 4 rings (SSSR count). The van der Waals surface area contributed by atoms with Gasteiger partial charge in [0.25, 0.3) is 0 Å². The lowest BCUT2D eigenvalue weighted by molar-refractivity contribution is -0.126. The summed E-state index contributed by atoms with van der Waals surface area (Å²) in [6.07, 6.45) is 3.41. The number of aromatic nitrogens is 2. The number of methoxy groups -OCH3 is 1. The van der Waals surface area contributed by atoms with Gasteiger partial charge in [0.2, 0.25) is 17.6 Å². The predicted octanol–water partition coefficient (Wildman–Crippen LogP) is 4.36. The normalized spacial score (nSPS) is 14.8. The molecule has 0 aliphatic carbocycles. The average Bonchev–Trinajstić information content (AvgIpc) is 3.31. The highest BCUT2D eigenvalue weighted by Gasteiger charge is 2.26. The molecule has 8 heteroatoms. The molecule has 1 aromatic heterocycles. The first kappa shape index (κ1) is 23.3. The van der Waals surface area contributed by atoms with Crippen LogP contribution in [0.2, 0.25) is 5.02 Å². The van der Waals surface area contributed by atoms with Crippen molar-refractivity contribution >= 4 is 17.5 Å². The van der Waals surface area contributed by atoms with Crippen molar-refractivity contribution in [2.24, 2.45) is 5.92 Å². The number of amides is 1. The number of rotatable bonds is 9. The second kappa shape index (κ2) is 11.3. The number of carbonyl (C=O) groups excluding carboxylic acids is 1. The second-order valence-corrected chi connectivity index (χ2v) is 8.66. The van der Waals surface area contributed by atoms with Crippen LogP contribution in [0.25, 0.3) is 11.4 Å². The number of hydrogen-bond acceptors (Lipinski definition) is 6. The van der Waals surface area contributed by atoms with E-state index < -0.39 is 0 Å². The summed E-state index contributed by atoms with van der Waals surface area (Å²) >= 11 is 6.22. The molecule has 0 bridgehead atoms. The molecule has 1 saturated heterocycles. The molecule has 2 heterocycles. The van der Waals surface area contributed by atoms with Gasteiger partial charge in [-0.25, -0.2) is 0 Å². The minimum absolute atomic E-state index is 0.0499. The molecule has 1 aliphatic heterocycles. The van der Waals surface area contributed by atoms with E-state index in [9.17, 15) is 4.79 Å². The Balaban J connectivity index is 1.18. The molecule has 7 nitrogen and oxygen atoms in total. The summed E-state index contributed by atoms with van der Waals surface area (Å²) in [5.41, 5.74) is 1.93. The van der Waals surface area contributed by atoms with E-state index in [1.54, 1.807) is 13.2 Å². The van der Waals surface area contributed by atoms with Crippen molar-refractivity contribution in [3.63, 3.8) is 0 Å². The molecule has 33 heavy (non-hydrogen) atoms. The van der Waals surface area contributed by atoms with E-state index in [2.05, 4.69) is 26.4 Å². The van der Waals surface area contributed by atoms with Crippen molar-refractivity contribution in [1.29, 1.82) is 0 Å². The molecular formula is C25H29ClN4O3.